The van der Waals surface area contributed by atoms with Crippen LogP contribution in [0.2, 0.25) is 0 Å². The molecule has 8 atom stereocenters. The Balaban J connectivity index is 1.38. The highest BCUT2D eigenvalue weighted by molar-refractivity contribution is 5.84. The van der Waals surface area contributed by atoms with Gasteiger partial charge in [0.25, 0.3) is 0 Å². The summed E-state index contributed by atoms with van der Waals surface area (Å²) in [5.74, 6) is -0.521. The number of carbonyl (C=O) groups is 1. The van der Waals surface area contributed by atoms with Crippen molar-refractivity contribution in [3.63, 3.8) is 0 Å². The predicted molar refractivity (Wildman–Crippen MR) is 97.3 cm³/mol. The Kier molecular flexibility index (Phi) is 4.56. The van der Waals surface area contributed by atoms with Crippen LogP contribution in [0.4, 0.5) is 0 Å². The van der Waals surface area contributed by atoms with Gasteiger partial charge in [-0.1, -0.05) is 13.8 Å². The number of ether oxygens (including phenoxy) is 3. The number of hydrogen-bond donors (Lipinski definition) is 1. The van der Waals surface area contributed by atoms with Crippen LogP contribution < -0.4 is 0 Å². The zero-order valence-electron chi connectivity index (χ0n) is 17.0. The molecule has 4 saturated heterocycles. The lowest BCUT2D eigenvalue weighted by Crippen LogP contribution is -2.70. The minimum atomic E-state index is -1.10. The van der Waals surface area contributed by atoms with E-state index < -0.39 is 29.9 Å². The summed E-state index contributed by atoms with van der Waals surface area (Å²) in [7, 11) is 0. The molecule has 1 N–H and O–H groups in total. The largest absolute Gasteiger partial charge is 0.475 e. The summed E-state index contributed by atoms with van der Waals surface area (Å²) in [6, 6.07) is 3.03. The van der Waals surface area contributed by atoms with Crippen LogP contribution in [-0.2, 0) is 30.6 Å². The summed E-state index contributed by atoms with van der Waals surface area (Å²) < 4.78 is 24.0. The zero-order valence-corrected chi connectivity index (χ0v) is 17.0. The Hall–Kier alpha value is -1.45. The third-order valence-corrected chi connectivity index (χ3v) is 7.36. The molecule has 1 spiro atoms. The van der Waals surface area contributed by atoms with E-state index in [4.69, 9.17) is 33.5 Å². The minimum Gasteiger partial charge on any atom is -0.475 e. The number of carboxylic acids is 1. The molecule has 5 fully saturated rings. The molecule has 1 aromatic heterocycles. The van der Waals surface area contributed by atoms with Crippen LogP contribution >= 0.6 is 0 Å². The fraction of sp³-hybridized carbons (Fsp3) is 0.762. The molecule has 160 valence electrons. The van der Waals surface area contributed by atoms with Crippen LogP contribution in [-0.4, -0.2) is 35.0 Å². The molecular weight excluding hydrogens is 380 g/mol. The summed E-state index contributed by atoms with van der Waals surface area (Å²) in [6.07, 6.45) is 2.80. The van der Waals surface area contributed by atoms with Crippen molar-refractivity contribution in [3.05, 3.63) is 23.7 Å². The van der Waals surface area contributed by atoms with Gasteiger partial charge in [0.05, 0.1) is 0 Å². The molecule has 1 saturated carbocycles. The quantitative estimate of drug-likeness (QED) is 0.754. The fourth-order valence-electron chi connectivity index (χ4n) is 5.80. The van der Waals surface area contributed by atoms with E-state index in [0.717, 1.165) is 25.7 Å². The van der Waals surface area contributed by atoms with Gasteiger partial charge in [0, 0.05) is 18.3 Å². The van der Waals surface area contributed by atoms with E-state index >= 15 is 0 Å². The molecule has 5 heterocycles. The second-order valence-corrected chi connectivity index (χ2v) is 9.16. The normalized spacial score (nSPS) is 46.2. The van der Waals surface area contributed by atoms with E-state index in [1.165, 1.54) is 6.07 Å². The summed E-state index contributed by atoms with van der Waals surface area (Å²) in [5.41, 5.74) is -0.617. The fourth-order valence-corrected chi connectivity index (χ4v) is 5.80. The van der Waals surface area contributed by atoms with E-state index in [9.17, 15) is 4.79 Å². The smallest absolute Gasteiger partial charge is 0.371 e. The molecule has 2 bridgehead atoms. The van der Waals surface area contributed by atoms with Crippen molar-refractivity contribution in [1.29, 1.82) is 0 Å². The van der Waals surface area contributed by atoms with Gasteiger partial charge >= 0.3 is 5.97 Å². The zero-order chi connectivity index (χ0) is 20.4. The minimum absolute atomic E-state index is 0.0600. The molecule has 5 aliphatic rings. The average Bonchev–Trinajstić information content (AvgIpc) is 3.05. The van der Waals surface area contributed by atoms with Gasteiger partial charge < -0.3 is 23.7 Å². The van der Waals surface area contributed by atoms with Gasteiger partial charge in [0.1, 0.15) is 12.4 Å². The lowest BCUT2D eigenvalue weighted by molar-refractivity contribution is -0.577. The number of carboxylic acid groups (broad SMARTS) is 1. The molecule has 0 aromatic carbocycles. The monoisotopic (exact) mass is 408 g/mol. The van der Waals surface area contributed by atoms with Crippen molar-refractivity contribution >= 4 is 5.97 Å². The lowest BCUT2D eigenvalue weighted by Gasteiger charge is -2.60. The Morgan fingerprint density at radius 2 is 2.03 bits per heavy atom. The maximum absolute atomic E-state index is 11.0. The summed E-state index contributed by atoms with van der Waals surface area (Å²) in [6.45, 7) is 6.41. The second-order valence-electron chi connectivity index (χ2n) is 9.16. The van der Waals surface area contributed by atoms with E-state index in [-0.39, 0.29) is 24.2 Å². The Labute approximate surface area is 169 Å². The maximum Gasteiger partial charge on any atom is 0.371 e. The summed E-state index contributed by atoms with van der Waals surface area (Å²) in [4.78, 5) is 22.9. The van der Waals surface area contributed by atoms with Crippen molar-refractivity contribution in [1.82, 2.24) is 0 Å². The first kappa shape index (κ1) is 19.5. The average molecular weight is 408 g/mol. The number of aromatic carboxylic acids is 1. The molecule has 6 rings (SSSR count). The van der Waals surface area contributed by atoms with E-state index in [0.29, 0.717) is 17.6 Å². The van der Waals surface area contributed by atoms with Crippen LogP contribution in [0.3, 0.4) is 0 Å². The lowest BCUT2D eigenvalue weighted by atomic mass is 9.58. The molecular formula is C21H28O8. The molecule has 8 nitrogen and oxygen atoms in total. The summed E-state index contributed by atoms with van der Waals surface area (Å²) in [5, 5.41) is 9.01. The van der Waals surface area contributed by atoms with Crippen molar-refractivity contribution in [2.75, 3.05) is 0 Å². The maximum atomic E-state index is 11.0. The molecule has 4 aliphatic heterocycles. The molecule has 1 aliphatic carbocycles. The first-order chi connectivity index (χ1) is 13.8. The number of hydrogen-bond acceptors (Lipinski definition) is 7. The molecule has 8 heteroatoms. The topological polar surface area (TPSA) is 96.6 Å². The number of furan rings is 1. The highest BCUT2D eigenvalue weighted by Gasteiger charge is 2.69. The van der Waals surface area contributed by atoms with Crippen LogP contribution in [0.25, 0.3) is 0 Å². The van der Waals surface area contributed by atoms with Gasteiger partial charge in [-0.25, -0.2) is 14.6 Å². The molecule has 0 radical (unpaired) electrons. The van der Waals surface area contributed by atoms with E-state index in [1.54, 1.807) is 6.07 Å². The van der Waals surface area contributed by atoms with Crippen LogP contribution in [0.15, 0.2) is 16.5 Å². The van der Waals surface area contributed by atoms with Crippen LogP contribution in [0.5, 0.6) is 0 Å². The van der Waals surface area contributed by atoms with Crippen LogP contribution in [0.1, 0.15) is 62.8 Å². The third kappa shape index (κ3) is 2.96. The van der Waals surface area contributed by atoms with Gasteiger partial charge in [-0.3, -0.25) is 0 Å². The first-order valence-corrected chi connectivity index (χ1v) is 10.5. The van der Waals surface area contributed by atoms with E-state index in [1.807, 2.05) is 6.92 Å². The standard InChI is InChI=1S/C21H28O8/c1-11-4-6-15-12(2)18(24-10-13-5-7-16(25-13)17(22)23)26-19-21(15)14(11)8-9-20(3,27-19)28-29-21/h5,7,11-12,14-15,18-19H,4,6,8-10H2,1-3H3,(H,22,23)/t11-,12-,14+,15+,18-,19-,20-,21-/m1/s1. The number of fused-ring (bicyclic) bond motifs is 2. The van der Waals surface area contributed by atoms with Gasteiger partial charge in [-0.05, 0) is 50.2 Å². The highest BCUT2D eigenvalue weighted by Crippen LogP contribution is 2.60. The van der Waals surface area contributed by atoms with Gasteiger partial charge in [0.2, 0.25) is 11.5 Å². The Morgan fingerprint density at radius 1 is 1.21 bits per heavy atom. The molecule has 29 heavy (non-hydrogen) atoms. The van der Waals surface area contributed by atoms with Gasteiger partial charge in [0.15, 0.2) is 18.2 Å². The van der Waals surface area contributed by atoms with Crippen molar-refractivity contribution in [3.8, 4) is 0 Å². The Morgan fingerprint density at radius 3 is 2.79 bits per heavy atom. The SMILES string of the molecule is C[C@H]1[C@H](OCc2ccc(C(=O)O)o2)O[C@@H]2O[C@@]3(C)CC[C@H]4[C@H](C)CC[C@@H]1[C@@]24OO3. The van der Waals surface area contributed by atoms with E-state index in [2.05, 4.69) is 13.8 Å². The molecule has 0 amide bonds. The Bertz CT molecular complexity index is 791. The third-order valence-electron chi connectivity index (χ3n) is 7.36. The van der Waals surface area contributed by atoms with Crippen LogP contribution in [0, 0.1) is 23.7 Å². The van der Waals surface area contributed by atoms with Crippen molar-refractivity contribution < 1.29 is 38.3 Å². The first-order valence-electron chi connectivity index (χ1n) is 10.5. The molecule has 0 unspecified atom stereocenters. The number of rotatable bonds is 4. The predicted octanol–water partition coefficient (Wildman–Crippen LogP) is 3.70. The van der Waals surface area contributed by atoms with Crippen molar-refractivity contribution in [2.45, 2.75) is 77.0 Å². The van der Waals surface area contributed by atoms with Gasteiger partial charge in [-0.2, -0.15) is 0 Å². The second kappa shape index (κ2) is 6.78. The highest BCUT2D eigenvalue weighted by atomic mass is 17.3. The molecule has 1 aromatic rings. The summed E-state index contributed by atoms with van der Waals surface area (Å²) >= 11 is 0. The van der Waals surface area contributed by atoms with Crippen molar-refractivity contribution in [2.24, 2.45) is 23.7 Å². The van der Waals surface area contributed by atoms with Gasteiger partial charge in [-0.15, -0.1) is 0 Å².